The zero-order chi connectivity index (χ0) is 13.4. The molecule has 1 saturated carbocycles. The van der Waals surface area contributed by atoms with Crippen LogP contribution in [0.15, 0.2) is 4.52 Å². The first-order valence-corrected chi connectivity index (χ1v) is 6.87. The summed E-state index contributed by atoms with van der Waals surface area (Å²) in [4.78, 5) is 4.48. The molecular formula is C14H25N3O. The second-order valence-electron chi connectivity index (χ2n) is 7.27. The lowest BCUT2D eigenvalue weighted by Gasteiger charge is -2.32. The van der Waals surface area contributed by atoms with E-state index in [2.05, 4.69) is 50.1 Å². The molecule has 102 valence electrons. The molecule has 4 nitrogen and oxygen atoms in total. The first-order chi connectivity index (χ1) is 8.25. The van der Waals surface area contributed by atoms with Gasteiger partial charge < -0.3 is 9.84 Å². The van der Waals surface area contributed by atoms with Crippen LogP contribution in [0.5, 0.6) is 0 Å². The Labute approximate surface area is 110 Å². The van der Waals surface area contributed by atoms with Crippen LogP contribution in [0.2, 0.25) is 0 Å². The van der Waals surface area contributed by atoms with Gasteiger partial charge in [0.1, 0.15) is 0 Å². The summed E-state index contributed by atoms with van der Waals surface area (Å²) in [7, 11) is 0. The SMILES string of the molecule is CC1(C)CCC(c2noc(NC(C)(C)C)n2)CC1. The van der Waals surface area contributed by atoms with Crippen molar-refractivity contribution in [1.82, 2.24) is 10.1 Å². The van der Waals surface area contributed by atoms with E-state index in [0.29, 0.717) is 17.3 Å². The third kappa shape index (κ3) is 3.47. The molecule has 1 aliphatic rings. The van der Waals surface area contributed by atoms with Gasteiger partial charge in [0.15, 0.2) is 5.82 Å². The van der Waals surface area contributed by atoms with Gasteiger partial charge in [0, 0.05) is 11.5 Å². The lowest BCUT2D eigenvalue weighted by molar-refractivity contribution is 0.218. The molecule has 0 amide bonds. The highest BCUT2D eigenvalue weighted by Crippen LogP contribution is 2.41. The van der Waals surface area contributed by atoms with E-state index in [1.807, 2.05) is 0 Å². The van der Waals surface area contributed by atoms with Crippen molar-refractivity contribution in [3.63, 3.8) is 0 Å². The van der Waals surface area contributed by atoms with Crippen LogP contribution in [-0.4, -0.2) is 15.7 Å². The summed E-state index contributed by atoms with van der Waals surface area (Å²) in [5.74, 6) is 1.34. The maximum Gasteiger partial charge on any atom is 0.321 e. The largest absolute Gasteiger partial charge is 0.333 e. The molecule has 18 heavy (non-hydrogen) atoms. The van der Waals surface area contributed by atoms with Crippen LogP contribution in [0, 0.1) is 5.41 Å². The van der Waals surface area contributed by atoms with E-state index in [9.17, 15) is 0 Å². The molecule has 2 rings (SSSR count). The Balaban J connectivity index is 1.99. The van der Waals surface area contributed by atoms with Gasteiger partial charge in [-0.2, -0.15) is 4.98 Å². The second-order valence-corrected chi connectivity index (χ2v) is 7.27. The van der Waals surface area contributed by atoms with Crippen LogP contribution in [-0.2, 0) is 0 Å². The van der Waals surface area contributed by atoms with E-state index in [4.69, 9.17) is 4.52 Å². The fourth-order valence-electron chi connectivity index (χ4n) is 2.43. The third-order valence-electron chi connectivity index (χ3n) is 3.63. The Hall–Kier alpha value is -1.06. The zero-order valence-corrected chi connectivity index (χ0v) is 12.2. The van der Waals surface area contributed by atoms with Crippen molar-refractivity contribution in [2.75, 3.05) is 5.32 Å². The Morgan fingerprint density at radius 1 is 1.22 bits per heavy atom. The molecule has 4 heteroatoms. The second kappa shape index (κ2) is 4.56. The smallest absolute Gasteiger partial charge is 0.321 e. The monoisotopic (exact) mass is 251 g/mol. The molecule has 1 heterocycles. The fourth-order valence-corrected chi connectivity index (χ4v) is 2.43. The molecule has 0 spiro atoms. The molecule has 1 aliphatic carbocycles. The number of rotatable bonds is 2. The number of anilines is 1. The molecule has 0 bridgehead atoms. The van der Waals surface area contributed by atoms with Gasteiger partial charge in [-0.25, -0.2) is 0 Å². The van der Waals surface area contributed by atoms with E-state index in [1.165, 1.54) is 25.7 Å². The number of nitrogens with zero attached hydrogens (tertiary/aromatic N) is 2. The summed E-state index contributed by atoms with van der Waals surface area (Å²) in [6.07, 6.45) is 4.82. The number of hydrogen-bond donors (Lipinski definition) is 1. The van der Waals surface area contributed by atoms with Crippen molar-refractivity contribution < 1.29 is 4.52 Å². The topological polar surface area (TPSA) is 51.0 Å². The Kier molecular flexibility index (Phi) is 3.39. The molecule has 0 aliphatic heterocycles. The summed E-state index contributed by atoms with van der Waals surface area (Å²) in [6.45, 7) is 10.9. The zero-order valence-electron chi connectivity index (χ0n) is 12.2. The van der Waals surface area contributed by atoms with Crippen molar-refractivity contribution in [3.05, 3.63) is 5.82 Å². The Bertz CT molecular complexity index is 393. The van der Waals surface area contributed by atoms with Gasteiger partial charge >= 0.3 is 6.01 Å². The molecule has 0 unspecified atom stereocenters. The van der Waals surface area contributed by atoms with Crippen LogP contribution in [0.1, 0.15) is 72.0 Å². The van der Waals surface area contributed by atoms with Gasteiger partial charge in [-0.3, -0.25) is 0 Å². The standard InChI is InChI=1S/C14H25N3O/c1-13(2,3)16-12-15-11(17-18-12)10-6-8-14(4,5)9-7-10/h10H,6-9H2,1-5H3,(H,15,16,17). The summed E-state index contributed by atoms with van der Waals surface area (Å²) in [6, 6.07) is 0.544. The first-order valence-electron chi connectivity index (χ1n) is 6.87. The third-order valence-corrected chi connectivity index (χ3v) is 3.63. The summed E-state index contributed by atoms with van der Waals surface area (Å²) in [5, 5.41) is 7.34. The van der Waals surface area contributed by atoms with E-state index < -0.39 is 0 Å². The highest BCUT2D eigenvalue weighted by atomic mass is 16.5. The lowest BCUT2D eigenvalue weighted by Crippen LogP contribution is -2.26. The van der Waals surface area contributed by atoms with Crippen molar-refractivity contribution >= 4 is 6.01 Å². The molecule has 1 aromatic rings. The average molecular weight is 251 g/mol. The van der Waals surface area contributed by atoms with Crippen LogP contribution in [0.4, 0.5) is 6.01 Å². The molecule has 0 aromatic carbocycles. The molecule has 0 atom stereocenters. The summed E-state index contributed by atoms with van der Waals surface area (Å²) >= 11 is 0. The number of hydrogen-bond acceptors (Lipinski definition) is 4. The van der Waals surface area contributed by atoms with Crippen LogP contribution in [0.25, 0.3) is 0 Å². The van der Waals surface area contributed by atoms with Crippen molar-refractivity contribution in [2.24, 2.45) is 5.41 Å². The van der Waals surface area contributed by atoms with Crippen LogP contribution >= 0.6 is 0 Å². The van der Waals surface area contributed by atoms with Crippen molar-refractivity contribution in [2.45, 2.75) is 71.8 Å². The minimum absolute atomic E-state index is 0.0433. The molecule has 1 aromatic heterocycles. The number of nitrogens with one attached hydrogen (secondary N) is 1. The van der Waals surface area contributed by atoms with Gasteiger partial charge in [-0.05, 0) is 51.9 Å². The number of aromatic nitrogens is 2. The van der Waals surface area contributed by atoms with E-state index in [0.717, 1.165) is 5.82 Å². The minimum Gasteiger partial charge on any atom is -0.333 e. The van der Waals surface area contributed by atoms with Crippen LogP contribution < -0.4 is 5.32 Å². The molecule has 0 radical (unpaired) electrons. The van der Waals surface area contributed by atoms with Gasteiger partial charge in [0.05, 0.1) is 0 Å². The summed E-state index contributed by atoms with van der Waals surface area (Å²) in [5.41, 5.74) is 0.436. The molecule has 1 N–H and O–H groups in total. The average Bonchev–Trinajstić information content (AvgIpc) is 2.63. The van der Waals surface area contributed by atoms with Gasteiger partial charge in [-0.1, -0.05) is 19.0 Å². The fraction of sp³-hybridized carbons (Fsp3) is 0.857. The van der Waals surface area contributed by atoms with E-state index >= 15 is 0 Å². The maximum atomic E-state index is 5.27. The van der Waals surface area contributed by atoms with Crippen molar-refractivity contribution in [1.29, 1.82) is 0 Å². The van der Waals surface area contributed by atoms with Crippen molar-refractivity contribution in [3.8, 4) is 0 Å². The molecular weight excluding hydrogens is 226 g/mol. The molecule has 1 fully saturated rings. The normalized spacial score (nSPS) is 20.9. The predicted molar refractivity (Wildman–Crippen MR) is 72.7 cm³/mol. The van der Waals surface area contributed by atoms with E-state index in [-0.39, 0.29) is 5.54 Å². The first kappa shape index (κ1) is 13.4. The molecule has 0 saturated heterocycles. The van der Waals surface area contributed by atoms with Crippen LogP contribution in [0.3, 0.4) is 0 Å². The quantitative estimate of drug-likeness (QED) is 0.864. The maximum absolute atomic E-state index is 5.27. The Morgan fingerprint density at radius 2 is 1.83 bits per heavy atom. The summed E-state index contributed by atoms with van der Waals surface area (Å²) < 4.78 is 5.27. The van der Waals surface area contributed by atoms with Gasteiger partial charge in [0.2, 0.25) is 0 Å². The van der Waals surface area contributed by atoms with Gasteiger partial charge in [-0.15, -0.1) is 0 Å². The van der Waals surface area contributed by atoms with E-state index in [1.54, 1.807) is 0 Å². The lowest BCUT2D eigenvalue weighted by atomic mass is 9.73. The Morgan fingerprint density at radius 3 is 2.39 bits per heavy atom. The highest BCUT2D eigenvalue weighted by molar-refractivity contribution is 5.23. The highest BCUT2D eigenvalue weighted by Gasteiger charge is 2.30. The minimum atomic E-state index is -0.0433. The van der Waals surface area contributed by atoms with Gasteiger partial charge in [0.25, 0.3) is 0 Å². The predicted octanol–water partition coefficient (Wildman–Crippen LogP) is 3.96.